The van der Waals surface area contributed by atoms with Gasteiger partial charge in [0.2, 0.25) is 10.0 Å². The Morgan fingerprint density at radius 3 is 2.15 bits per heavy atom. The van der Waals surface area contributed by atoms with Crippen molar-refractivity contribution >= 4 is 10.0 Å². The molecule has 6 heteroatoms. The van der Waals surface area contributed by atoms with Crippen molar-refractivity contribution in [3.05, 3.63) is 65.7 Å². The van der Waals surface area contributed by atoms with Gasteiger partial charge in [0.05, 0.1) is 11.0 Å². The quantitative estimate of drug-likeness (QED) is 0.689. The summed E-state index contributed by atoms with van der Waals surface area (Å²) >= 11 is 0. The SMILES string of the molecule is Cc1ccc(S(=O)(=O)N(CC(C)C)C[C@@H](O)[C@@H](N)Cc2ccccc2)cc1. The summed E-state index contributed by atoms with van der Waals surface area (Å²) in [6.45, 7) is 6.12. The molecule has 0 aromatic heterocycles. The summed E-state index contributed by atoms with van der Waals surface area (Å²) in [5.41, 5.74) is 8.17. The molecule has 0 radical (unpaired) electrons. The zero-order valence-electron chi connectivity index (χ0n) is 16.2. The van der Waals surface area contributed by atoms with Gasteiger partial charge in [-0.1, -0.05) is 61.9 Å². The van der Waals surface area contributed by atoms with E-state index >= 15 is 0 Å². The molecular weight excluding hydrogens is 360 g/mol. The second-order valence-corrected chi connectivity index (χ2v) is 9.39. The molecule has 0 bridgehead atoms. The normalized spacial score (nSPS) is 14.5. The van der Waals surface area contributed by atoms with E-state index in [1.54, 1.807) is 24.3 Å². The molecule has 2 aromatic rings. The minimum Gasteiger partial charge on any atom is -0.390 e. The van der Waals surface area contributed by atoms with Gasteiger partial charge < -0.3 is 10.8 Å². The Hall–Kier alpha value is -1.73. The average Bonchev–Trinajstić information content (AvgIpc) is 2.62. The molecular formula is C21H30N2O3S. The number of hydrogen-bond donors (Lipinski definition) is 2. The van der Waals surface area contributed by atoms with Crippen LogP contribution in [0.3, 0.4) is 0 Å². The number of nitrogens with two attached hydrogens (primary N) is 1. The lowest BCUT2D eigenvalue weighted by Crippen LogP contribution is -2.47. The summed E-state index contributed by atoms with van der Waals surface area (Å²) in [6, 6.07) is 15.9. The van der Waals surface area contributed by atoms with Crippen molar-refractivity contribution < 1.29 is 13.5 Å². The second kappa shape index (κ2) is 9.46. The van der Waals surface area contributed by atoms with Crippen LogP contribution in [-0.4, -0.2) is 43.1 Å². The number of aliphatic hydroxyl groups is 1. The molecule has 0 aliphatic heterocycles. The summed E-state index contributed by atoms with van der Waals surface area (Å²) < 4.78 is 27.5. The zero-order chi connectivity index (χ0) is 20.0. The zero-order valence-corrected chi connectivity index (χ0v) is 17.1. The average molecular weight is 391 g/mol. The third kappa shape index (κ3) is 6.14. The van der Waals surface area contributed by atoms with E-state index in [2.05, 4.69) is 0 Å². The Kier molecular flexibility index (Phi) is 7.56. The summed E-state index contributed by atoms with van der Waals surface area (Å²) in [7, 11) is -3.70. The lowest BCUT2D eigenvalue weighted by atomic mass is 10.0. The van der Waals surface area contributed by atoms with Gasteiger partial charge in [0.25, 0.3) is 0 Å². The maximum Gasteiger partial charge on any atom is 0.243 e. The molecule has 2 atom stereocenters. The molecule has 0 fully saturated rings. The van der Waals surface area contributed by atoms with Crippen molar-refractivity contribution in [2.45, 2.75) is 44.2 Å². The number of hydrogen-bond acceptors (Lipinski definition) is 4. The van der Waals surface area contributed by atoms with E-state index in [4.69, 9.17) is 5.73 Å². The highest BCUT2D eigenvalue weighted by Gasteiger charge is 2.29. The molecule has 0 spiro atoms. The summed E-state index contributed by atoms with van der Waals surface area (Å²) in [5.74, 6) is 0.128. The molecule has 2 rings (SSSR count). The first-order chi connectivity index (χ1) is 12.7. The molecule has 0 heterocycles. The van der Waals surface area contributed by atoms with Crippen molar-refractivity contribution in [3.8, 4) is 0 Å². The number of benzene rings is 2. The Balaban J connectivity index is 2.16. The molecule has 0 saturated heterocycles. The predicted molar refractivity (Wildman–Crippen MR) is 109 cm³/mol. The van der Waals surface area contributed by atoms with E-state index in [1.807, 2.05) is 51.1 Å². The van der Waals surface area contributed by atoms with Crippen LogP contribution < -0.4 is 5.73 Å². The van der Waals surface area contributed by atoms with Crippen molar-refractivity contribution in [2.75, 3.05) is 13.1 Å². The predicted octanol–water partition coefficient (Wildman–Crippen LogP) is 2.57. The molecule has 27 heavy (non-hydrogen) atoms. The van der Waals surface area contributed by atoms with Crippen molar-refractivity contribution in [1.82, 2.24) is 4.31 Å². The molecule has 148 valence electrons. The number of aryl methyl sites for hydroxylation is 1. The van der Waals surface area contributed by atoms with Gasteiger partial charge in [0.1, 0.15) is 0 Å². The van der Waals surface area contributed by atoms with Gasteiger partial charge in [-0.2, -0.15) is 4.31 Å². The van der Waals surface area contributed by atoms with Gasteiger partial charge in [-0.3, -0.25) is 0 Å². The van der Waals surface area contributed by atoms with Crippen molar-refractivity contribution in [1.29, 1.82) is 0 Å². The van der Waals surface area contributed by atoms with Crippen LogP contribution in [0.4, 0.5) is 0 Å². The van der Waals surface area contributed by atoms with Gasteiger partial charge in [0.15, 0.2) is 0 Å². The smallest absolute Gasteiger partial charge is 0.243 e. The number of nitrogens with zero attached hydrogens (tertiary/aromatic N) is 1. The highest BCUT2D eigenvalue weighted by Crippen LogP contribution is 2.19. The minimum absolute atomic E-state index is 0.0254. The van der Waals surface area contributed by atoms with Crippen LogP contribution in [0.25, 0.3) is 0 Å². The van der Waals surface area contributed by atoms with E-state index in [9.17, 15) is 13.5 Å². The molecule has 0 saturated carbocycles. The monoisotopic (exact) mass is 390 g/mol. The largest absolute Gasteiger partial charge is 0.390 e. The van der Waals surface area contributed by atoms with Crippen LogP contribution in [0.2, 0.25) is 0 Å². The highest BCUT2D eigenvalue weighted by atomic mass is 32.2. The number of rotatable bonds is 9. The fraction of sp³-hybridized carbons (Fsp3) is 0.429. The van der Waals surface area contributed by atoms with E-state index in [0.29, 0.717) is 13.0 Å². The third-order valence-corrected chi connectivity index (χ3v) is 6.27. The minimum atomic E-state index is -3.70. The number of sulfonamides is 1. The summed E-state index contributed by atoms with van der Waals surface area (Å²) in [5, 5.41) is 10.6. The van der Waals surface area contributed by atoms with Crippen LogP contribution in [0.15, 0.2) is 59.5 Å². The van der Waals surface area contributed by atoms with Crippen LogP contribution >= 0.6 is 0 Å². The summed E-state index contributed by atoms with van der Waals surface area (Å²) in [4.78, 5) is 0.234. The van der Waals surface area contributed by atoms with Crippen molar-refractivity contribution in [2.24, 2.45) is 11.7 Å². The second-order valence-electron chi connectivity index (χ2n) is 7.45. The Morgan fingerprint density at radius 1 is 1.00 bits per heavy atom. The van der Waals surface area contributed by atoms with Gasteiger partial charge in [-0.05, 0) is 37.0 Å². The first kappa shape index (κ1) is 21.6. The summed E-state index contributed by atoms with van der Waals surface area (Å²) in [6.07, 6.45) is -0.466. The molecule has 0 aliphatic carbocycles. The fourth-order valence-corrected chi connectivity index (χ4v) is 4.53. The Labute approximate surface area is 162 Å². The highest BCUT2D eigenvalue weighted by molar-refractivity contribution is 7.89. The topological polar surface area (TPSA) is 83.6 Å². The molecule has 2 aromatic carbocycles. The molecule has 0 unspecified atom stereocenters. The lowest BCUT2D eigenvalue weighted by molar-refractivity contribution is 0.116. The lowest BCUT2D eigenvalue weighted by Gasteiger charge is -2.28. The van der Waals surface area contributed by atoms with Crippen LogP contribution in [0.1, 0.15) is 25.0 Å². The van der Waals surface area contributed by atoms with E-state index < -0.39 is 22.2 Å². The molecule has 3 N–H and O–H groups in total. The third-order valence-electron chi connectivity index (χ3n) is 4.43. The Morgan fingerprint density at radius 2 is 1.59 bits per heavy atom. The van der Waals surface area contributed by atoms with Gasteiger partial charge in [-0.25, -0.2) is 8.42 Å². The maximum absolute atomic E-state index is 13.1. The van der Waals surface area contributed by atoms with Crippen LogP contribution in [0.5, 0.6) is 0 Å². The van der Waals surface area contributed by atoms with Gasteiger partial charge in [0, 0.05) is 19.1 Å². The van der Waals surface area contributed by atoms with E-state index in [0.717, 1.165) is 11.1 Å². The van der Waals surface area contributed by atoms with Gasteiger partial charge in [-0.15, -0.1) is 0 Å². The van der Waals surface area contributed by atoms with E-state index in [1.165, 1.54) is 4.31 Å². The van der Waals surface area contributed by atoms with Crippen LogP contribution in [0, 0.1) is 12.8 Å². The first-order valence-electron chi connectivity index (χ1n) is 9.24. The Bertz CT molecular complexity index is 805. The molecule has 0 amide bonds. The van der Waals surface area contributed by atoms with E-state index in [-0.39, 0.29) is 17.4 Å². The molecule has 0 aliphatic rings. The standard InChI is InChI=1S/C21H30N2O3S/c1-16(2)14-23(27(25,26)19-11-9-17(3)10-12-19)15-21(24)20(22)13-18-7-5-4-6-8-18/h4-12,16,20-21,24H,13-15,22H2,1-3H3/t20-,21+/m0/s1. The van der Waals surface area contributed by atoms with Crippen molar-refractivity contribution in [3.63, 3.8) is 0 Å². The number of aliphatic hydroxyl groups excluding tert-OH is 1. The first-order valence-corrected chi connectivity index (χ1v) is 10.7. The fourth-order valence-electron chi connectivity index (χ4n) is 2.90. The van der Waals surface area contributed by atoms with Gasteiger partial charge >= 0.3 is 0 Å². The maximum atomic E-state index is 13.1. The molecule has 5 nitrogen and oxygen atoms in total. The van der Waals surface area contributed by atoms with Crippen LogP contribution in [-0.2, 0) is 16.4 Å².